The molecule has 0 saturated carbocycles. The zero-order valence-corrected chi connectivity index (χ0v) is 11.3. The molecule has 0 radical (unpaired) electrons. The fourth-order valence-corrected chi connectivity index (χ4v) is 1.80. The average molecular weight is 276 g/mol. The van der Waals surface area contributed by atoms with E-state index in [1.165, 1.54) is 6.20 Å². The summed E-state index contributed by atoms with van der Waals surface area (Å²) in [5, 5.41) is 15.5. The summed E-state index contributed by atoms with van der Waals surface area (Å²) in [5.74, 6) is -1.28. The molecule has 2 aromatic heterocycles. The maximum Gasteiger partial charge on any atom is 0.308 e. The highest BCUT2D eigenvalue weighted by Crippen LogP contribution is 2.13. The van der Waals surface area contributed by atoms with E-state index >= 15 is 0 Å². The Morgan fingerprint density at radius 1 is 1.40 bits per heavy atom. The normalized spacial score (nSPS) is 12.1. The molecular formula is C13H16N4O3. The van der Waals surface area contributed by atoms with E-state index in [1.807, 2.05) is 24.5 Å². The summed E-state index contributed by atoms with van der Waals surface area (Å²) in [6, 6.07) is 3.70. The Hall–Kier alpha value is -2.57. The topological polar surface area (TPSA) is 89.2 Å². The highest BCUT2D eigenvalue weighted by Gasteiger charge is 2.19. The number of amides is 1. The predicted molar refractivity (Wildman–Crippen MR) is 71.7 cm³/mol. The van der Waals surface area contributed by atoms with Gasteiger partial charge in [-0.2, -0.15) is 5.10 Å². The largest absolute Gasteiger partial charge is 0.481 e. The first-order valence-electron chi connectivity index (χ1n) is 6.17. The zero-order chi connectivity index (χ0) is 14.7. The van der Waals surface area contributed by atoms with Gasteiger partial charge in [0.25, 0.3) is 5.91 Å². The molecule has 106 valence electrons. The molecule has 0 spiro atoms. The molecule has 2 aromatic rings. The highest BCUT2D eigenvalue weighted by molar-refractivity contribution is 5.97. The molecule has 1 unspecified atom stereocenters. The molecule has 2 heterocycles. The third kappa shape index (κ3) is 2.71. The Morgan fingerprint density at radius 3 is 2.65 bits per heavy atom. The quantitative estimate of drug-likeness (QED) is 0.839. The monoisotopic (exact) mass is 276 g/mol. The van der Waals surface area contributed by atoms with Crippen molar-refractivity contribution >= 4 is 11.9 Å². The van der Waals surface area contributed by atoms with Gasteiger partial charge in [-0.05, 0) is 12.1 Å². The molecule has 0 saturated heterocycles. The Bertz CT molecular complexity index is 616. The summed E-state index contributed by atoms with van der Waals surface area (Å²) in [4.78, 5) is 22.9. The number of aliphatic carboxylic acids is 1. The molecule has 0 fully saturated rings. The molecule has 2 rings (SSSR count). The van der Waals surface area contributed by atoms with Gasteiger partial charge in [-0.25, -0.2) is 0 Å². The van der Waals surface area contributed by atoms with Crippen LogP contribution in [0.1, 0.15) is 17.3 Å². The summed E-state index contributed by atoms with van der Waals surface area (Å²) in [6.07, 6.45) is 5.09. The molecule has 0 aliphatic heterocycles. The van der Waals surface area contributed by atoms with E-state index in [0.717, 1.165) is 0 Å². The van der Waals surface area contributed by atoms with Crippen molar-refractivity contribution in [3.05, 3.63) is 36.3 Å². The van der Waals surface area contributed by atoms with Crippen LogP contribution in [0.25, 0.3) is 5.82 Å². The molecule has 20 heavy (non-hydrogen) atoms. The van der Waals surface area contributed by atoms with Gasteiger partial charge < -0.3 is 15.0 Å². The first kappa shape index (κ1) is 13.9. The molecule has 7 nitrogen and oxygen atoms in total. The van der Waals surface area contributed by atoms with Gasteiger partial charge >= 0.3 is 5.97 Å². The second-order valence-electron chi connectivity index (χ2n) is 4.55. The molecule has 0 aliphatic rings. The fraction of sp³-hybridized carbons (Fsp3) is 0.308. The number of hydrogen-bond donors (Lipinski definition) is 2. The van der Waals surface area contributed by atoms with E-state index in [-0.39, 0.29) is 12.5 Å². The lowest BCUT2D eigenvalue weighted by Gasteiger charge is -2.10. The third-order valence-electron chi connectivity index (χ3n) is 2.99. The minimum Gasteiger partial charge on any atom is -0.481 e. The van der Waals surface area contributed by atoms with E-state index in [0.29, 0.717) is 11.4 Å². The summed E-state index contributed by atoms with van der Waals surface area (Å²) in [7, 11) is 1.74. The van der Waals surface area contributed by atoms with E-state index in [1.54, 1.807) is 23.2 Å². The van der Waals surface area contributed by atoms with Gasteiger partial charge in [0.05, 0.1) is 12.1 Å². The number of rotatable bonds is 5. The zero-order valence-electron chi connectivity index (χ0n) is 11.3. The van der Waals surface area contributed by atoms with Crippen LogP contribution in [0.2, 0.25) is 0 Å². The van der Waals surface area contributed by atoms with Gasteiger partial charge in [0.15, 0.2) is 0 Å². The Kier molecular flexibility index (Phi) is 3.88. The number of carbonyl (C=O) groups is 2. The van der Waals surface area contributed by atoms with Gasteiger partial charge in [-0.3, -0.25) is 14.3 Å². The molecule has 2 N–H and O–H groups in total. The van der Waals surface area contributed by atoms with Gasteiger partial charge in [0.2, 0.25) is 0 Å². The van der Waals surface area contributed by atoms with Crippen LogP contribution in [0, 0.1) is 5.92 Å². The smallest absolute Gasteiger partial charge is 0.308 e. The number of nitrogens with zero attached hydrogens (tertiary/aromatic N) is 3. The summed E-state index contributed by atoms with van der Waals surface area (Å²) < 4.78 is 3.37. The number of aryl methyl sites for hydroxylation is 1. The maximum absolute atomic E-state index is 12.1. The lowest BCUT2D eigenvalue weighted by molar-refractivity contribution is -0.140. The molecule has 0 bridgehead atoms. The van der Waals surface area contributed by atoms with Crippen LogP contribution in [-0.2, 0) is 11.8 Å². The van der Waals surface area contributed by atoms with Crippen molar-refractivity contribution in [2.24, 2.45) is 13.0 Å². The van der Waals surface area contributed by atoms with Crippen LogP contribution in [0.3, 0.4) is 0 Å². The molecule has 7 heteroatoms. The van der Waals surface area contributed by atoms with Crippen molar-refractivity contribution < 1.29 is 14.7 Å². The number of aromatic nitrogens is 3. The van der Waals surface area contributed by atoms with Crippen molar-refractivity contribution in [1.82, 2.24) is 19.7 Å². The Balaban J connectivity index is 2.17. The van der Waals surface area contributed by atoms with Gasteiger partial charge in [-0.15, -0.1) is 0 Å². The standard InChI is InChI=1S/C13H16N4O3/c1-9(13(19)20)7-14-11(18)10-8-15-16(2)12(10)17-5-3-4-6-17/h3-6,8-9H,7H2,1-2H3,(H,14,18)(H,19,20). The minimum absolute atomic E-state index is 0.0776. The third-order valence-corrected chi connectivity index (χ3v) is 2.99. The maximum atomic E-state index is 12.1. The lowest BCUT2D eigenvalue weighted by Crippen LogP contribution is -2.31. The highest BCUT2D eigenvalue weighted by atomic mass is 16.4. The van der Waals surface area contributed by atoms with Crippen molar-refractivity contribution in [3.8, 4) is 5.82 Å². The SMILES string of the molecule is CC(CNC(=O)c1cnn(C)c1-n1cccc1)C(=O)O. The van der Waals surface area contributed by atoms with Crippen LogP contribution >= 0.6 is 0 Å². The second kappa shape index (κ2) is 5.60. The molecule has 1 amide bonds. The first-order valence-corrected chi connectivity index (χ1v) is 6.17. The van der Waals surface area contributed by atoms with Crippen molar-refractivity contribution in [1.29, 1.82) is 0 Å². The van der Waals surface area contributed by atoms with Crippen LogP contribution in [-0.4, -0.2) is 37.9 Å². The lowest BCUT2D eigenvalue weighted by atomic mass is 10.2. The van der Waals surface area contributed by atoms with Crippen LogP contribution < -0.4 is 5.32 Å². The molecular weight excluding hydrogens is 260 g/mol. The van der Waals surface area contributed by atoms with E-state index in [9.17, 15) is 9.59 Å². The van der Waals surface area contributed by atoms with Crippen molar-refractivity contribution in [2.75, 3.05) is 6.54 Å². The average Bonchev–Trinajstić information content (AvgIpc) is 3.03. The number of hydrogen-bond acceptors (Lipinski definition) is 3. The van der Waals surface area contributed by atoms with Crippen LogP contribution in [0.4, 0.5) is 0 Å². The summed E-state index contributed by atoms with van der Waals surface area (Å²) in [6.45, 7) is 1.62. The van der Waals surface area contributed by atoms with Gasteiger partial charge in [0, 0.05) is 26.0 Å². The number of carboxylic acids is 1. The first-order chi connectivity index (χ1) is 9.50. The Labute approximate surface area is 115 Å². The van der Waals surface area contributed by atoms with E-state index in [4.69, 9.17) is 5.11 Å². The minimum atomic E-state index is -0.942. The Morgan fingerprint density at radius 2 is 2.05 bits per heavy atom. The van der Waals surface area contributed by atoms with E-state index < -0.39 is 11.9 Å². The van der Waals surface area contributed by atoms with Crippen molar-refractivity contribution in [2.45, 2.75) is 6.92 Å². The van der Waals surface area contributed by atoms with Crippen molar-refractivity contribution in [3.63, 3.8) is 0 Å². The molecule has 0 aromatic carbocycles. The fourth-order valence-electron chi connectivity index (χ4n) is 1.80. The molecule has 0 aliphatic carbocycles. The number of carbonyl (C=O) groups excluding carboxylic acids is 1. The van der Waals surface area contributed by atoms with Crippen LogP contribution in [0.15, 0.2) is 30.7 Å². The van der Waals surface area contributed by atoms with Gasteiger partial charge in [-0.1, -0.05) is 6.92 Å². The number of carboxylic acid groups (broad SMARTS) is 1. The second-order valence-corrected chi connectivity index (χ2v) is 4.55. The summed E-state index contributed by atoms with van der Waals surface area (Å²) >= 11 is 0. The summed E-state index contributed by atoms with van der Waals surface area (Å²) in [5.41, 5.74) is 0.404. The number of nitrogens with one attached hydrogen (secondary N) is 1. The van der Waals surface area contributed by atoms with E-state index in [2.05, 4.69) is 10.4 Å². The van der Waals surface area contributed by atoms with Crippen LogP contribution in [0.5, 0.6) is 0 Å². The van der Waals surface area contributed by atoms with Gasteiger partial charge in [0.1, 0.15) is 11.4 Å². The molecule has 1 atom stereocenters. The predicted octanol–water partition coefficient (Wildman–Crippen LogP) is 0.661.